The van der Waals surface area contributed by atoms with Gasteiger partial charge in [0.05, 0.1) is 19.8 Å². The number of unbranched alkanes of at least 4 members (excludes halogenated alkanes) is 1. The van der Waals surface area contributed by atoms with Crippen molar-refractivity contribution in [2.75, 3.05) is 19.8 Å². The highest BCUT2D eigenvalue weighted by atomic mass is 16.6. The van der Waals surface area contributed by atoms with Crippen LogP contribution < -0.4 is 14.2 Å². The molecule has 0 aromatic heterocycles. The van der Waals surface area contributed by atoms with E-state index in [-0.39, 0.29) is 17.9 Å². The number of rotatable bonds is 12. The molecule has 2 aromatic rings. The van der Waals surface area contributed by atoms with Gasteiger partial charge in [-0.1, -0.05) is 31.5 Å². The largest absolute Gasteiger partial charge is 0.494 e. The molecule has 0 fully saturated rings. The molecule has 7 heteroatoms. The molecule has 0 bridgehead atoms. The molecule has 7 nitrogen and oxygen atoms in total. The summed E-state index contributed by atoms with van der Waals surface area (Å²) >= 11 is 0. The molecule has 0 heterocycles. The number of ether oxygens (including phenoxy) is 4. The van der Waals surface area contributed by atoms with Crippen molar-refractivity contribution in [1.82, 2.24) is 0 Å². The number of nitriles is 1. The second-order valence-corrected chi connectivity index (χ2v) is 7.05. The van der Waals surface area contributed by atoms with E-state index >= 15 is 0 Å². The summed E-state index contributed by atoms with van der Waals surface area (Å²) in [5, 5.41) is 9.21. The van der Waals surface area contributed by atoms with E-state index in [0.717, 1.165) is 24.2 Å². The molecule has 0 saturated carbocycles. The van der Waals surface area contributed by atoms with Gasteiger partial charge in [0.15, 0.2) is 11.5 Å². The van der Waals surface area contributed by atoms with E-state index in [1.807, 2.05) is 30.3 Å². The number of carbonyl (C=O) groups is 2. The van der Waals surface area contributed by atoms with Crippen LogP contribution in [0.3, 0.4) is 0 Å². The molecular formula is C27H29NO6. The minimum atomic E-state index is -0.704. The van der Waals surface area contributed by atoms with Gasteiger partial charge in [-0.3, -0.25) is 0 Å². The molecule has 0 radical (unpaired) electrons. The van der Waals surface area contributed by atoms with Crippen LogP contribution in [0.1, 0.15) is 44.7 Å². The normalized spacial score (nSPS) is 11.1. The Labute approximate surface area is 200 Å². The number of hydrogen-bond acceptors (Lipinski definition) is 7. The molecule has 2 aromatic carbocycles. The van der Waals surface area contributed by atoms with Crippen molar-refractivity contribution in [3.8, 4) is 23.3 Å². The van der Waals surface area contributed by atoms with Crippen LogP contribution >= 0.6 is 0 Å². The number of hydrogen-bond donors (Lipinski definition) is 0. The third-order valence-electron chi connectivity index (χ3n) is 4.46. The first-order valence-corrected chi connectivity index (χ1v) is 11.2. The van der Waals surface area contributed by atoms with Crippen molar-refractivity contribution in [1.29, 1.82) is 5.26 Å². The maximum absolute atomic E-state index is 12.3. The van der Waals surface area contributed by atoms with E-state index in [1.165, 1.54) is 12.2 Å². The predicted molar refractivity (Wildman–Crippen MR) is 129 cm³/mol. The van der Waals surface area contributed by atoms with E-state index in [9.17, 15) is 14.9 Å². The molecule has 0 aliphatic carbocycles. The number of esters is 2. The van der Waals surface area contributed by atoms with Gasteiger partial charge in [-0.05, 0) is 67.8 Å². The molecule has 0 saturated heterocycles. The van der Waals surface area contributed by atoms with Gasteiger partial charge in [0.25, 0.3) is 0 Å². The Morgan fingerprint density at radius 1 is 0.941 bits per heavy atom. The maximum atomic E-state index is 12.3. The summed E-state index contributed by atoms with van der Waals surface area (Å²) in [4.78, 5) is 24.2. The zero-order valence-electron chi connectivity index (χ0n) is 19.7. The van der Waals surface area contributed by atoms with Crippen molar-refractivity contribution in [2.45, 2.75) is 33.6 Å². The average molecular weight is 464 g/mol. The van der Waals surface area contributed by atoms with Crippen molar-refractivity contribution in [2.24, 2.45) is 0 Å². The van der Waals surface area contributed by atoms with Gasteiger partial charge in [0.1, 0.15) is 17.4 Å². The topological polar surface area (TPSA) is 94.9 Å². The highest BCUT2D eigenvalue weighted by Gasteiger charge is 2.13. The van der Waals surface area contributed by atoms with Gasteiger partial charge in [0, 0.05) is 6.08 Å². The van der Waals surface area contributed by atoms with Crippen molar-refractivity contribution in [3.05, 3.63) is 65.2 Å². The summed E-state index contributed by atoms with van der Waals surface area (Å²) < 4.78 is 21.5. The van der Waals surface area contributed by atoms with Crippen LogP contribution in [0.4, 0.5) is 0 Å². The summed E-state index contributed by atoms with van der Waals surface area (Å²) in [6.07, 6.45) is 6.43. The smallest absolute Gasteiger partial charge is 0.348 e. The summed E-state index contributed by atoms with van der Waals surface area (Å²) in [7, 11) is 0. The first-order chi connectivity index (χ1) is 16.5. The lowest BCUT2D eigenvalue weighted by Crippen LogP contribution is -2.07. The summed E-state index contributed by atoms with van der Waals surface area (Å²) in [5.41, 5.74) is 1.22. The quantitative estimate of drug-likeness (QED) is 0.138. The Hall–Kier alpha value is -4.05. The second-order valence-electron chi connectivity index (χ2n) is 7.05. The van der Waals surface area contributed by atoms with Crippen molar-refractivity contribution < 1.29 is 28.5 Å². The van der Waals surface area contributed by atoms with Crippen LogP contribution in [-0.4, -0.2) is 31.8 Å². The van der Waals surface area contributed by atoms with Crippen LogP contribution in [-0.2, 0) is 14.3 Å². The van der Waals surface area contributed by atoms with Gasteiger partial charge in [0.2, 0.25) is 0 Å². The van der Waals surface area contributed by atoms with E-state index in [0.29, 0.717) is 24.5 Å². The predicted octanol–water partition coefficient (Wildman–Crippen LogP) is 5.35. The summed E-state index contributed by atoms with van der Waals surface area (Å²) in [5.74, 6) is 0.0442. The SMILES string of the molecule is CCCCOc1ccc(/C=C/C(=O)Oc2ccc(/C=C(\C#N)C(=O)OCC)cc2OCC)cc1. The monoisotopic (exact) mass is 463 g/mol. The minimum Gasteiger partial charge on any atom is -0.494 e. The van der Waals surface area contributed by atoms with E-state index in [2.05, 4.69) is 6.92 Å². The summed E-state index contributed by atoms with van der Waals surface area (Å²) in [6, 6.07) is 14.0. The van der Waals surface area contributed by atoms with Crippen LogP contribution in [0.2, 0.25) is 0 Å². The fourth-order valence-electron chi connectivity index (χ4n) is 2.80. The van der Waals surface area contributed by atoms with Gasteiger partial charge in [-0.2, -0.15) is 5.26 Å². The van der Waals surface area contributed by atoms with Crippen molar-refractivity contribution in [3.63, 3.8) is 0 Å². The van der Waals surface area contributed by atoms with Crippen LogP contribution in [0.25, 0.3) is 12.2 Å². The van der Waals surface area contributed by atoms with Gasteiger partial charge < -0.3 is 18.9 Å². The van der Waals surface area contributed by atoms with Crippen LogP contribution in [0.15, 0.2) is 54.1 Å². The second kappa shape index (κ2) is 14.2. The minimum absolute atomic E-state index is 0.140. The average Bonchev–Trinajstić information content (AvgIpc) is 2.84. The molecule has 0 aliphatic heterocycles. The Morgan fingerprint density at radius 3 is 2.32 bits per heavy atom. The number of carbonyl (C=O) groups excluding carboxylic acids is 2. The molecule has 34 heavy (non-hydrogen) atoms. The van der Waals surface area contributed by atoms with Gasteiger partial charge in [-0.15, -0.1) is 0 Å². The fraction of sp³-hybridized carbons (Fsp3) is 0.296. The lowest BCUT2D eigenvalue weighted by Gasteiger charge is -2.10. The molecule has 0 amide bonds. The van der Waals surface area contributed by atoms with Crippen LogP contribution in [0.5, 0.6) is 17.2 Å². The van der Waals surface area contributed by atoms with Crippen molar-refractivity contribution >= 4 is 24.1 Å². The third kappa shape index (κ3) is 8.47. The lowest BCUT2D eigenvalue weighted by molar-refractivity contribution is -0.138. The molecule has 178 valence electrons. The Morgan fingerprint density at radius 2 is 1.68 bits per heavy atom. The Kier molecular flexibility index (Phi) is 10.9. The Balaban J connectivity index is 2.09. The zero-order chi connectivity index (χ0) is 24.8. The molecule has 0 N–H and O–H groups in total. The van der Waals surface area contributed by atoms with E-state index in [4.69, 9.17) is 18.9 Å². The molecular weight excluding hydrogens is 434 g/mol. The number of benzene rings is 2. The third-order valence-corrected chi connectivity index (χ3v) is 4.46. The van der Waals surface area contributed by atoms with Gasteiger partial charge in [-0.25, -0.2) is 9.59 Å². The highest BCUT2D eigenvalue weighted by molar-refractivity contribution is 5.98. The van der Waals surface area contributed by atoms with Crippen LogP contribution in [0, 0.1) is 11.3 Å². The standard InChI is InChI=1S/C27H29NO6/c1-4-7-16-33-23-12-8-20(9-13-23)11-15-26(29)34-24-14-10-21(18-25(24)31-5-2)17-22(19-28)27(30)32-6-3/h8-15,17-18H,4-7,16H2,1-3H3/b15-11+,22-17+. The highest BCUT2D eigenvalue weighted by Crippen LogP contribution is 2.30. The zero-order valence-corrected chi connectivity index (χ0v) is 19.7. The molecule has 0 spiro atoms. The maximum Gasteiger partial charge on any atom is 0.348 e. The molecule has 0 aliphatic rings. The van der Waals surface area contributed by atoms with E-state index < -0.39 is 11.9 Å². The summed E-state index contributed by atoms with van der Waals surface area (Å²) in [6.45, 7) is 6.74. The Bertz CT molecular complexity index is 1060. The number of nitrogens with zero attached hydrogens (tertiary/aromatic N) is 1. The molecule has 2 rings (SSSR count). The molecule has 0 unspecified atom stereocenters. The molecule has 0 atom stereocenters. The first-order valence-electron chi connectivity index (χ1n) is 11.2. The fourth-order valence-corrected chi connectivity index (χ4v) is 2.80. The van der Waals surface area contributed by atoms with E-state index in [1.54, 1.807) is 38.1 Å². The lowest BCUT2D eigenvalue weighted by atomic mass is 10.1. The van der Waals surface area contributed by atoms with Gasteiger partial charge >= 0.3 is 11.9 Å². The first kappa shape index (κ1) is 26.2.